The van der Waals surface area contributed by atoms with Crippen molar-refractivity contribution in [2.75, 3.05) is 5.32 Å². The third-order valence-electron chi connectivity index (χ3n) is 2.92. The van der Waals surface area contributed by atoms with Gasteiger partial charge in [0.2, 0.25) is 5.88 Å². The molecule has 1 aromatic heterocycles. The molecule has 3 N–H and O–H groups in total. The van der Waals surface area contributed by atoms with Crippen LogP contribution in [0.3, 0.4) is 0 Å². The molecule has 25 heavy (non-hydrogen) atoms. The van der Waals surface area contributed by atoms with Crippen LogP contribution in [-0.2, 0) is 11.0 Å². The van der Waals surface area contributed by atoms with Crippen molar-refractivity contribution in [1.82, 2.24) is 4.98 Å². The average molecular weight is 377 g/mol. The lowest BCUT2D eigenvalue weighted by Gasteiger charge is -2.16. The maximum absolute atomic E-state index is 12.6. The Kier molecular flexibility index (Phi) is 5.70. The number of carboxylic acid groups (broad SMARTS) is 1. The number of aromatic nitrogens is 1. The highest BCUT2D eigenvalue weighted by atomic mass is 35.5. The summed E-state index contributed by atoms with van der Waals surface area (Å²) < 4.78 is 43.2. The van der Waals surface area contributed by atoms with Crippen LogP contribution in [0.25, 0.3) is 0 Å². The van der Waals surface area contributed by atoms with Gasteiger partial charge in [-0.25, -0.2) is 4.98 Å². The quantitative estimate of drug-likeness (QED) is 0.665. The van der Waals surface area contributed by atoms with E-state index in [2.05, 4.69) is 10.3 Å². The topological polar surface area (TPSA) is 91.7 Å². The number of nitrogens with zero attached hydrogens (tertiary/aromatic N) is 1. The van der Waals surface area contributed by atoms with Gasteiger partial charge in [-0.3, -0.25) is 4.79 Å². The minimum Gasteiger partial charge on any atom is -0.481 e. The Morgan fingerprint density at radius 3 is 2.64 bits per heavy atom. The number of para-hydroxylation sites is 2. The number of benzene rings is 1. The van der Waals surface area contributed by atoms with Crippen molar-refractivity contribution in [2.45, 2.75) is 18.8 Å². The van der Waals surface area contributed by atoms with E-state index in [-0.39, 0.29) is 22.3 Å². The van der Waals surface area contributed by atoms with Gasteiger partial charge in [0.25, 0.3) is 0 Å². The Labute approximate surface area is 144 Å². The maximum Gasteiger partial charge on any atom is 0.417 e. The van der Waals surface area contributed by atoms with Crippen molar-refractivity contribution in [3.05, 3.63) is 47.1 Å². The molecule has 0 radical (unpaired) electrons. The van der Waals surface area contributed by atoms with Crippen LogP contribution < -0.4 is 10.1 Å². The standard InChI is InChI=1S/C15H12ClF3N2O4/c16-9-5-8(15(17,18)19)7-20-14(9)25-11-4-2-1-3-10(11)21-12(22)6-13(23)24/h1-5,7,12,21-22H,6H2,(H,23,24). The largest absolute Gasteiger partial charge is 0.481 e. The lowest BCUT2D eigenvalue weighted by molar-refractivity contribution is -0.139. The van der Waals surface area contributed by atoms with Crippen molar-refractivity contribution in [1.29, 1.82) is 0 Å². The third kappa shape index (κ3) is 5.23. The van der Waals surface area contributed by atoms with Crippen molar-refractivity contribution in [2.24, 2.45) is 0 Å². The number of pyridine rings is 1. The first-order chi connectivity index (χ1) is 11.7. The van der Waals surface area contributed by atoms with Crippen molar-refractivity contribution in [3.63, 3.8) is 0 Å². The second-order valence-electron chi connectivity index (χ2n) is 4.86. The predicted molar refractivity (Wildman–Crippen MR) is 82.6 cm³/mol. The normalized spacial score (nSPS) is 12.5. The van der Waals surface area contributed by atoms with E-state index in [9.17, 15) is 23.1 Å². The number of nitrogens with one attached hydrogen (secondary N) is 1. The fraction of sp³-hybridized carbons (Fsp3) is 0.200. The number of rotatable bonds is 6. The molecule has 1 atom stereocenters. The number of hydrogen-bond acceptors (Lipinski definition) is 5. The molecular formula is C15H12ClF3N2O4. The van der Waals surface area contributed by atoms with Gasteiger partial charge in [-0.15, -0.1) is 0 Å². The Hall–Kier alpha value is -2.52. The number of aliphatic hydroxyl groups excluding tert-OH is 1. The maximum atomic E-state index is 12.6. The molecule has 0 aliphatic heterocycles. The van der Waals surface area contributed by atoms with Crippen LogP contribution in [-0.4, -0.2) is 27.4 Å². The van der Waals surface area contributed by atoms with Crippen molar-refractivity contribution >= 4 is 23.3 Å². The zero-order valence-electron chi connectivity index (χ0n) is 12.4. The van der Waals surface area contributed by atoms with E-state index >= 15 is 0 Å². The second-order valence-corrected chi connectivity index (χ2v) is 5.27. The molecule has 0 saturated carbocycles. The summed E-state index contributed by atoms with van der Waals surface area (Å²) in [4.78, 5) is 14.1. The summed E-state index contributed by atoms with van der Waals surface area (Å²) in [5.41, 5.74) is -0.804. The number of alkyl halides is 3. The van der Waals surface area contributed by atoms with Gasteiger partial charge in [0, 0.05) is 6.20 Å². The lowest BCUT2D eigenvalue weighted by atomic mass is 10.2. The molecule has 2 aromatic rings. The molecule has 0 amide bonds. The second kappa shape index (κ2) is 7.58. The van der Waals surface area contributed by atoms with E-state index in [4.69, 9.17) is 21.4 Å². The molecule has 1 unspecified atom stereocenters. The molecule has 10 heteroatoms. The number of ether oxygens (including phenoxy) is 1. The molecule has 134 valence electrons. The first-order valence-corrected chi connectivity index (χ1v) is 7.20. The van der Waals surface area contributed by atoms with Crippen molar-refractivity contribution < 1.29 is 32.9 Å². The average Bonchev–Trinajstić information content (AvgIpc) is 2.49. The molecule has 0 bridgehead atoms. The summed E-state index contributed by atoms with van der Waals surface area (Å²) in [6.07, 6.45) is -5.96. The van der Waals surface area contributed by atoms with E-state index in [1.165, 1.54) is 12.1 Å². The molecule has 0 fully saturated rings. The van der Waals surface area contributed by atoms with Crippen LogP contribution in [0.4, 0.5) is 18.9 Å². The lowest BCUT2D eigenvalue weighted by Crippen LogP contribution is -2.22. The summed E-state index contributed by atoms with van der Waals surface area (Å²) in [7, 11) is 0. The minimum atomic E-state index is -4.59. The number of halogens is 4. The van der Waals surface area contributed by atoms with Gasteiger partial charge in [0.05, 0.1) is 17.7 Å². The highest BCUT2D eigenvalue weighted by molar-refractivity contribution is 6.31. The summed E-state index contributed by atoms with van der Waals surface area (Å²) in [5, 5.41) is 20.4. The Morgan fingerprint density at radius 2 is 2.04 bits per heavy atom. The van der Waals surface area contributed by atoms with Crippen LogP contribution in [0.15, 0.2) is 36.5 Å². The summed E-state index contributed by atoms with van der Waals surface area (Å²) in [6.45, 7) is 0. The van der Waals surface area contributed by atoms with Gasteiger partial charge in [-0.1, -0.05) is 23.7 Å². The highest BCUT2D eigenvalue weighted by Crippen LogP contribution is 2.36. The summed E-state index contributed by atoms with van der Waals surface area (Å²) in [6, 6.07) is 6.77. The number of aliphatic hydroxyl groups is 1. The molecule has 2 rings (SSSR count). The minimum absolute atomic E-state index is 0.0982. The fourth-order valence-corrected chi connectivity index (χ4v) is 2.04. The Bertz CT molecular complexity index is 771. The SMILES string of the molecule is O=C(O)CC(O)Nc1ccccc1Oc1ncc(C(F)(F)F)cc1Cl. The van der Waals surface area contributed by atoms with Gasteiger partial charge in [-0.05, 0) is 18.2 Å². The zero-order chi connectivity index (χ0) is 18.6. The van der Waals surface area contributed by atoms with E-state index in [0.717, 1.165) is 0 Å². The highest BCUT2D eigenvalue weighted by Gasteiger charge is 2.31. The number of carboxylic acids is 1. The monoisotopic (exact) mass is 376 g/mol. The van der Waals surface area contributed by atoms with E-state index in [0.29, 0.717) is 12.3 Å². The Morgan fingerprint density at radius 1 is 1.36 bits per heavy atom. The van der Waals surface area contributed by atoms with Gasteiger partial charge >= 0.3 is 12.1 Å². The predicted octanol–water partition coefficient (Wildman–Crippen LogP) is 3.75. The molecule has 0 saturated heterocycles. The van der Waals surface area contributed by atoms with Gasteiger partial charge in [-0.2, -0.15) is 13.2 Å². The molecular weight excluding hydrogens is 365 g/mol. The number of carbonyl (C=O) groups is 1. The van der Waals surface area contributed by atoms with Crippen LogP contribution in [0.1, 0.15) is 12.0 Å². The van der Waals surface area contributed by atoms with Crippen LogP contribution in [0, 0.1) is 0 Å². The van der Waals surface area contributed by atoms with Gasteiger partial charge in [0.15, 0.2) is 5.75 Å². The first kappa shape index (κ1) is 18.8. The van der Waals surface area contributed by atoms with Crippen LogP contribution in [0.5, 0.6) is 11.6 Å². The Balaban J connectivity index is 2.22. The van der Waals surface area contributed by atoms with Gasteiger partial charge < -0.3 is 20.3 Å². The van der Waals surface area contributed by atoms with E-state index in [1.54, 1.807) is 12.1 Å². The van der Waals surface area contributed by atoms with Crippen molar-refractivity contribution in [3.8, 4) is 11.6 Å². The number of hydrogen-bond donors (Lipinski definition) is 3. The molecule has 0 aliphatic rings. The fourth-order valence-electron chi connectivity index (χ4n) is 1.83. The molecule has 1 heterocycles. The molecule has 0 aliphatic carbocycles. The summed E-state index contributed by atoms with van der Waals surface area (Å²) in [5.74, 6) is -1.39. The van der Waals surface area contributed by atoms with E-state index < -0.39 is 30.4 Å². The molecule has 6 nitrogen and oxygen atoms in total. The van der Waals surface area contributed by atoms with Crippen LogP contribution in [0.2, 0.25) is 5.02 Å². The van der Waals surface area contributed by atoms with Crippen LogP contribution >= 0.6 is 11.6 Å². The first-order valence-electron chi connectivity index (χ1n) is 6.83. The molecule has 1 aromatic carbocycles. The third-order valence-corrected chi connectivity index (χ3v) is 3.19. The van der Waals surface area contributed by atoms with Gasteiger partial charge in [0.1, 0.15) is 11.3 Å². The number of aliphatic carboxylic acids is 1. The smallest absolute Gasteiger partial charge is 0.417 e. The van der Waals surface area contributed by atoms with E-state index in [1.807, 2.05) is 0 Å². The zero-order valence-corrected chi connectivity index (χ0v) is 13.2. The summed E-state index contributed by atoms with van der Waals surface area (Å²) >= 11 is 5.78. The number of anilines is 1. The molecule has 0 spiro atoms.